The molecule has 4 atom stereocenters. The van der Waals surface area contributed by atoms with Crippen LogP contribution < -0.4 is 29.4 Å². The maximum absolute atomic E-state index is 2.55. The Kier molecular flexibility index (Phi) is 18.4. The molecule has 111 heavy (non-hydrogen) atoms. The second kappa shape index (κ2) is 28.9. The second-order valence-corrected chi connectivity index (χ2v) is 32.7. The van der Waals surface area contributed by atoms with Gasteiger partial charge >= 0.3 is 0 Å². The molecule has 0 aliphatic heterocycles. The van der Waals surface area contributed by atoms with E-state index in [4.69, 9.17) is 0 Å². The van der Waals surface area contributed by atoms with Crippen LogP contribution in [-0.2, 0) is 0 Å². The van der Waals surface area contributed by atoms with Crippen molar-refractivity contribution in [2.45, 2.75) is 113 Å². The molecule has 550 valence electrons. The molecule has 16 aromatic rings. The summed E-state index contributed by atoms with van der Waals surface area (Å²) in [4.78, 5) is 14.7. The van der Waals surface area contributed by atoms with E-state index in [1.165, 1.54) is 203 Å². The lowest BCUT2D eigenvalue weighted by atomic mass is 9.76. The van der Waals surface area contributed by atoms with E-state index in [-0.39, 0.29) is 0 Å². The zero-order valence-corrected chi connectivity index (χ0v) is 66.5. The van der Waals surface area contributed by atoms with Crippen molar-refractivity contribution in [2.24, 2.45) is 11.8 Å². The molecule has 6 nitrogen and oxygen atoms in total. The summed E-state index contributed by atoms with van der Waals surface area (Å²) in [6, 6.07) is 102. The molecular weight excluding hydrogens is 1350 g/mol. The Morgan fingerprint density at radius 2 is 0.577 bits per heavy atom. The molecule has 0 saturated heterocycles. The van der Waals surface area contributed by atoms with E-state index in [1.54, 1.807) is 0 Å². The molecule has 2 aliphatic rings. The SMILES string of the molecule is Cc1cccc(C)c1N(c1ccc(C2C=CC(CN(C)c3ccc(N(c4c(C)cccc4C)c4ccc5ccc6c(N(c7ccc(N(C)C)cc7)c7c(C)cccc7C)ccc7ccc4c5c76)cc3)CC2)cc1)c1ccc2ccc3c(N(c4ccc(C5CCCCC5C)cc4)c4c(C)cccc4C)ccc4ccc1c2c43. The smallest absolute Gasteiger partial charge is 0.0540 e. The predicted molar refractivity (Wildman–Crippen MR) is 479 cm³/mol. The highest BCUT2D eigenvalue weighted by Crippen LogP contribution is 2.53. The van der Waals surface area contributed by atoms with E-state index in [1.807, 2.05) is 0 Å². The van der Waals surface area contributed by atoms with Crippen LogP contribution in [0.25, 0.3) is 64.6 Å². The minimum Gasteiger partial charge on any atom is -0.378 e. The Bertz CT molecular complexity index is 6130. The van der Waals surface area contributed by atoms with Crippen molar-refractivity contribution < 1.29 is 0 Å². The Balaban J connectivity index is 0.631. The monoisotopic (exact) mass is 1440 g/mol. The van der Waals surface area contributed by atoms with Crippen molar-refractivity contribution in [1.82, 2.24) is 0 Å². The summed E-state index contributed by atoms with van der Waals surface area (Å²) in [6.45, 7) is 21.5. The number of hydrogen-bond acceptors (Lipinski definition) is 6. The van der Waals surface area contributed by atoms with Crippen LogP contribution in [0.3, 0.4) is 0 Å². The van der Waals surface area contributed by atoms with Crippen LogP contribution in [0, 0.1) is 67.2 Å². The highest BCUT2D eigenvalue weighted by molar-refractivity contribution is 6.30. The Morgan fingerprint density at radius 3 is 0.892 bits per heavy atom. The van der Waals surface area contributed by atoms with E-state index < -0.39 is 0 Å². The van der Waals surface area contributed by atoms with Gasteiger partial charge < -0.3 is 29.4 Å². The first kappa shape index (κ1) is 70.8. The van der Waals surface area contributed by atoms with E-state index in [2.05, 4.69) is 392 Å². The fraction of sp³-hybridized carbons (Fsp3) is 0.219. The van der Waals surface area contributed by atoms with Crippen molar-refractivity contribution in [2.75, 3.05) is 57.1 Å². The van der Waals surface area contributed by atoms with Gasteiger partial charge in [0, 0.05) is 89.3 Å². The average Bonchev–Trinajstić information content (AvgIpc) is 0.722. The van der Waals surface area contributed by atoms with Gasteiger partial charge in [-0.15, -0.1) is 0 Å². The molecule has 1 fully saturated rings. The quantitative estimate of drug-likeness (QED) is 0.0625. The number of allylic oxidation sites excluding steroid dienone is 1. The Labute approximate surface area is 656 Å². The standard InChI is InChI=1S/C105H100N6/c1-66-19-13-14-28-89(66)78-35-47-86(48-36-78)109(103-69(4)22-16-23-70(103)5)95-62-42-80-37-57-90-94(61-41-79-38-58-91(95)99(80)98(79)90)108(102-67(2)20-15-21-68(102)3)85-45-33-77(34-46-85)76-31-29-75(30-32-76)65-107(12)84-51-55-88(56-52-84)111(105-73(8)26-18-27-74(105)9)97-64-44-82-39-59-92-96(63-43-81-40-60-93(97)101(82)100(81)92)110(104-71(6)24-17-25-72(104)7)87-53-49-83(50-54-87)106(10)11/h15-18,20-27,29,31,33-64,66,75-76,89H,13-14,19,28,30,32,65H2,1-12H3. The second-order valence-electron chi connectivity index (χ2n) is 32.7. The van der Waals surface area contributed by atoms with Crippen LogP contribution in [0.4, 0.5) is 79.6 Å². The molecular formula is C105H100N6. The number of para-hydroxylation sites is 4. The topological polar surface area (TPSA) is 19.4 Å². The minimum absolute atomic E-state index is 0.334. The number of anilines is 14. The van der Waals surface area contributed by atoms with Gasteiger partial charge in [0.25, 0.3) is 0 Å². The summed E-state index contributed by atoms with van der Waals surface area (Å²) in [7, 11) is 6.48. The van der Waals surface area contributed by atoms with Gasteiger partial charge in [-0.25, -0.2) is 0 Å². The molecule has 0 bridgehead atoms. The molecule has 0 radical (unpaired) electrons. The third-order valence-corrected chi connectivity index (χ3v) is 25.3. The van der Waals surface area contributed by atoms with Gasteiger partial charge in [-0.3, -0.25) is 0 Å². The summed E-state index contributed by atoms with van der Waals surface area (Å²) < 4.78 is 0. The molecule has 16 aromatic carbocycles. The zero-order chi connectivity index (χ0) is 76.0. The van der Waals surface area contributed by atoms with Gasteiger partial charge in [-0.2, -0.15) is 0 Å². The first-order valence-electron chi connectivity index (χ1n) is 40.4. The molecule has 0 aromatic heterocycles. The van der Waals surface area contributed by atoms with Gasteiger partial charge in [0.1, 0.15) is 0 Å². The van der Waals surface area contributed by atoms with Crippen molar-refractivity contribution in [3.8, 4) is 0 Å². The van der Waals surface area contributed by atoms with Crippen molar-refractivity contribution in [1.29, 1.82) is 0 Å². The number of rotatable bonds is 18. The number of aryl methyl sites for hydroxylation is 8. The van der Waals surface area contributed by atoms with Gasteiger partial charge in [-0.1, -0.05) is 208 Å². The van der Waals surface area contributed by atoms with Gasteiger partial charge in [0.2, 0.25) is 0 Å². The first-order chi connectivity index (χ1) is 54.0. The molecule has 18 rings (SSSR count). The molecule has 0 amide bonds. The summed E-state index contributed by atoms with van der Waals surface area (Å²) in [5, 5.41) is 15.1. The fourth-order valence-corrected chi connectivity index (χ4v) is 19.6. The highest BCUT2D eigenvalue weighted by atomic mass is 15.2. The summed E-state index contributed by atoms with van der Waals surface area (Å²) in [5.74, 6) is 2.08. The van der Waals surface area contributed by atoms with Crippen molar-refractivity contribution in [3.05, 3.63) is 335 Å². The van der Waals surface area contributed by atoms with Crippen molar-refractivity contribution in [3.63, 3.8) is 0 Å². The molecule has 2 aliphatic carbocycles. The van der Waals surface area contributed by atoms with Gasteiger partial charge in [-0.05, 0) is 288 Å². The molecule has 4 unspecified atom stereocenters. The van der Waals surface area contributed by atoms with Crippen LogP contribution in [0.2, 0.25) is 0 Å². The normalized spacial score (nSPS) is 15.9. The van der Waals surface area contributed by atoms with E-state index in [0.29, 0.717) is 23.7 Å². The van der Waals surface area contributed by atoms with E-state index in [9.17, 15) is 0 Å². The van der Waals surface area contributed by atoms with Crippen LogP contribution in [-0.4, -0.2) is 27.7 Å². The van der Waals surface area contributed by atoms with E-state index in [0.717, 1.165) is 42.1 Å². The third kappa shape index (κ3) is 12.5. The average molecular weight is 1450 g/mol. The number of nitrogens with zero attached hydrogens (tertiary/aromatic N) is 6. The Morgan fingerprint density at radius 1 is 0.279 bits per heavy atom. The number of hydrogen-bond donors (Lipinski definition) is 0. The lowest BCUT2D eigenvalue weighted by molar-refractivity contribution is 0.330. The van der Waals surface area contributed by atoms with Crippen LogP contribution >= 0.6 is 0 Å². The molecule has 1 saturated carbocycles. The first-order valence-corrected chi connectivity index (χ1v) is 40.4. The fourth-order valence-electron chi connectivity index (χ4n) is 19.6. The maximum atomic E-state index is 2.55. The van der Waals surface area contributed by atoms with Gasteiger partial charge in [0.05, 0.1) is 45.5 Å². The highest BCUT2D eigenvalue weighted by Gasteiger charge is 2.30. The lowest BCUT2D eigenvalue weighted by Gasteiger charge is -2.32. The van der Waals surface area contributed by atoms with Crippen LogP contribution in [0.1, 0.15) is 113 Å². The Hall–Kier alpha value is -11.9. The molecule has 0 spiro atoms. The summed E-state index contributed by atoms with van der Waals surface area (Å²) in [6.07, 6.45) is 12.5. The van der Waals surface area contributed by atoms with Crippen LogP contribution in [0.5, 0.6) is 0 Å². The maximum Gasteiger partial charge on any atom is 0.0540 e. The van der Waals surface area contributed by atoms with E-state index >= 15 is 0 Å². The van der Waals surface area contributed by atoms with Crippen molar-refractivity contribution >= 4 is 144 Å². The van der Waals surface area contributed by atoms with Gasteiger partial charge in [0.15, 0.2) is 0 Å². The molecule has 0 heterocycles. The lowest BCUT2D eigenvalue weighted by Crippen LogP contribution is -2.26. The molecule has 6 heteroatoms. The molecule has 0 N–H and O–H groups in total. The van der Waals surface area contributed by atoms with Crippen LogP contribution in [0.15, 0.2) is 279 Å². The summed E-state index contributed by atoms with van der Waals surface area (Å²) >= 11 is 0. The predicted octanol–water partition coefficient (Wildman–Crippen LogP) is 29.4. The third-order valence-electron chi connectivity index (χ3n) is 25.3. The largest absolute Gasteiger partial charge is 0.378 e. The zero-order valence-electron chi connectivity index (χ0n) is 66.5. The number of benzene rings is 16. The minimum atomic E-state index is 0.334. The summed E-state index contributed by atoms with van der Waals surface area (Å²) in [5.41, 5.74) is 29.4.